The van der Waals surface area contributed by atoms with Crippen LogP contribution in [0.1, 0.15) is 44.5 Å². The number of carbonyl (C=O) groups is 2. The molecule has 0 bridgehead atoms. The van der Waals surface area contributed by atoms with Crippen LogP contribution in [0.4, 0.5) is 4.79 Å². The van der Waals surface area contributed by atoms with Crippen molar-refractivity contribution in [1.29, 1.82) is 0 Å². The van der Waals surface area contributed by atoms with Gasteiger partial charge >= 0.3 is 6.03 Å². The Morgan fingerprint density at radius 1 is 1.04 bits per heavy atom. The van der Waals surface area contributed by atoms with Crippen molar-refractivity contribution in [1.82, 2.24) is 15.1 Å². The molecule has 1 aromatic carbocycles. The van der Waals surface area contributed by atoms with Crippen LogP contribution in [0.25, 0.3) is 0 Å². The third-order valence-electron chi connectivity index (χ3n) is 4.20. The molecule has 0 aromatic heterocycles. The largest absolute Gasteiger partial charge is 0.494 e. The van der Waals surface area contributed by atoms with E-state index in [1.54, 1.807) is 21.9 Å². The zero-order chi connectivity index (χ0) is 19.2. The van der Waals surface area contributed by atoms with Crippen LogP contribution in [-0.2, 0) is 0 Å². The standard InChI is InChI=1S/C20H31N3O3/c1-5-14-26-17-8-6-16(7-9-17)18(24)22-10-12-23(13-11-22)19(25)21-15-20(2,3)4/h6-9H,5,10-15H2,1-4H3,(H,21,25). The monoisotopic (exact) mass is 361 g/mol. The van der Waals surface area contributed by atoms with Crippen molar-refractivity contribution in [2.75, 3.05) is 39.3 Å². The van der Waals surface area contributed by atoms with Gasteiger partial charge in [-0.25, -0.2) is 4.79 Å². The van der Waals surface area contributed by atoms with E-state index in [1.165, 1.54) is 0 Å². The van der Waals surface area contributed by atoms with E-state index in [2.05, 4.69) is 33.0 Å². The second-order valence-electron chi connectivity index (χ2n) is 7.87. The average Bonchev–Trinajstić information content (AvgIpc) is 2.64. The first-order valence-corrected chi connectivity index (χ1v) is 9.35. The maximum atomic E-state index is 12.6. The molecule has 144 valence electrons. The van der Waals surface area contributed by atoms with Crippen LogP contribution in [0.5, 0.6) is 5.75 Å². The number of nitrogens with zero attached hydrogens (tertiary/aromatic N) is 2. The van der Waals surface area contributed by atoms with Crippen LogP contribution in [0.3, 0.4) is 0 Å². The summed E-state index contributed by atoms with van der Waals surface area (Å²) >= 11 is 0. The number of benzene rings is 1. The molecule has 1 aromatic rings. The lowest BCUT2D eigenvalue weighted by atomic mass is 9.97. The summed E-state index contributed by atoms with van der Waals surface area (Å²) < 4.78 is 5.55. The number of hydrogen-bond acceptors (Lipinski definition) is 3. The highest BCUT2D eigenvalue weighted by molar-refractivity contribution is 5.94. The minimum absolute atomic E-state index is 0.00166. The summed E-state index contributed by atoms with van der Waals surface area (Å²) in [4.78, 5) is 28.4. The minimum atomic E-state index is -0.0514. The fourth-order valence-corrected chi connectivity index (χ4v) is 2.66. The topological polar surface area (TPSA) is 61.9 Å². The van der Waals surface area contributed by atoms with Gasteiger partial charge in [-0.1, -0.05) is 27.7 Å². The van der Waals surface area contributed by atoms with E-state index in [4.69, 9.17) is 4.74 Å². The summed E-state index contributed by atoms with van der Waals surface area (Å²) in [7, 11) is 0. The molecule has 0 unspecified atom stereocenters. The van der Waals surface area contributed by atoms with E-state index in [0.29, 0.717) is 44.9 Å². The van der Waals surface area contributed by atoms with E-state index in [-0.39, 0.29) is 17.4 Å². The van der Waals surface area contributed by atoms with Crippen LogP contribution in [0.15, 0.2) is 24.3 Å². The number of piperazine rings is 1. The molecule has 3 amide bonds. The van der Waals surface area contributed by atoms with E-state index >= 15 is 0 Å². The van der Waals surface area contributed by atoms with Gasteiger partial charge in [0.15, 0.2) is 0 Å². The summed E-state index contributed by atoms with van der Waals surface area (Å²) in [5.74, 6) is 0.783. The smallest absolute Gasteiger partial charge is 0.317 e. The van der Waals surface area contributed by atoms with Gasteiger partial charge in [0.1, 0.15) is 5.75 Å². The zero-order valence-corrected chi connectivity index (χ0v) is 16.4. The van der Waals surface area contributed by atoms with Crippen LogP contribution >= 0.6 is 0 Å². The SMILES string of the molecule is CCCOc1ccc(C(=O)N2CCN(C(=O)NCC(C)(C)C)CC2)cc1. The second kappa shape index (κ2) is 8.92. The van der Waals surface area contributed by atoms with Crippen molar-refractivity contribution in [2.24, 2.45) is 5.41 Å². The number of urea groups is 1. The van der Waals surface area contributed by atoms with Gasteiger partial charge in [-0.3, -0.25) is 4.79 Å². The molecule has 1 saturated heterocycles. The summed E-state index contributed by atoms with van der Waals surface area (Å²) in [5, 5.41) is 2.96. The third kappa shape index (κ3) is 5.93. The van der Waals surface area contributed by atoms with Crippen molar-refractivity contribution >= 4 is 11.9 Å². The summed E-state index contributed by atoms with van der Waals surface area (Å²) in [6.07, 6.45) is 0.953. The quantitative estimate of drug-likeness (QED) is 0.877. The van der Waals surface area contributed by atoms with Gasteiger partial charge in [0.05, 0.1) is 6.61 Å². The zero-order valence-electron chi connectivity index (χ0n) is 16.4. The number of nitrogens with one attached hydrogen (secondary N) is 1. The first-order valence-electron chi connectivity index (χ1n) is 9.35. The number of ether oxygens (including phenoxy) is 1. The summed E-state index contributed by atoms with van der Waals surface area (Å²) in [6.45, 7) is 11.8. The number of hydrogen-bond donors (Lipinski definition) is 1. The molecule has 2 rings (SSSR count). The Morgan fingerprint density at radius 3 is 2.15 bits per heavy atom. The molecule has 1 fully saturated rings. The van der Waals surface area contributed by atoms with Crippen molar-refractivity contribution in [3.63, 3.8) is 0 Å². The fraction of sp³-hybridized carbons (Fsp3) is 0.600. The molecule has 1 heterocycles. The van der Waals surface area contributed by atoms with Gasteiger partial charge in [-0.2, -0.15) is 0 Å². The molecule has 0 spiro atoms. The highest BCUT2D eigenvalue weighted by Gasteiger charge is 2.25. The van der Waals surface area contributed by atoms with Gasteiger partial charge < -0.3 is 19.9 Å². The summed E-state index contributed by atoms with van der Waals surface area (Å²) in [5.41, 5.74) is 0.708. The highest BCUT2D eigenvalue weighted by atomic mass is 16.5. The first kappa shape index (κ1) is 20.1. The number of rotatable bonds is 5. The Balaban J connectivity index is 1.83. The molecule has 0 radical (unpaired) electrons. The van der Waals surface area contributed by atoms with Crippen molar-refractivity contribution in [3.8, 4) is 5.75 Å². The molecule has 0 saturated carbocycles. The highest BCUT2D eigenvalue weighted by Crippen LogP contribution is 2.15. The van der Waals surface area contributed by atoms with Crippen molar-refractivity contribution < 1.29 is 14.3 Å². The van der Waals surface area contributed by atoms with Crippen LogP contribution in [0.2, 0.25) is 0 Å². The number of amides is 3. The molecular weight excluding hydrogens is 330 g/mol. The van der Waals surface area contributed by atoms with Crippen molar-refractivity contribution in [3.05, 3.63) is 29.8 Å². The van der Waals surface area contributed by atoms with Gasteiger partial charge in [0.2, 0.25) is 0 Å². The van der Waals surface area contributed by atoms with E-state index in [1.807, 2.05) is 12.1 Å². The Morgan fingerprint density at radius 2 is 1.62 bits per heavy atom. The summed E-state index contributed by atoms with van der Waals surface area (Å²) in [6, 6.07) is 7.22. The average molecular weight is 361 g/mol. The lowest BCUT2D eigenvalue weighted by Crippen LogP contribution is -2.53. The Bertz CT molecular complexity index is 600. The van der Waals surface area contributed by atoms with Crippen molar-refractivity contribution in [2.45, 2.75) is 34.1 Å². The molecule has 6 heteroatoms. The van der Waals surface area contributed by atoms with Gasteiger partial charge in [-0.05, 0) is 36.1 Å². The molecule has 6 nitrogen and oxygen atoms in total. The Hall–Kier alpha value is -2.24. The second-order valence-corrected chi connectivity index (χ2v) is 7.87. The lowest BCUT2D eigenvalue weighted by Gasteiger charge is -2.35. The lowest BCUT2D eigenvalue weighted by molar-refractivity contribution is 0.0664. The third-order valence-corrected chi connectivity index (χ3v) is 4.20. The Kier molecular flexibility index (Phi) is 6.89. The van der Waals surface area contributed by atoms with E-state index < -0.39 is 0 Å². The molecule has 1 N–H and O–H groups in total. The molecule has 0 aliphatic carbocycles. The predicted octanol–water partition coefficient (Wildman–Crippen LogP) is 2.99. The molecule has 1 aliphatic heterocycles. The van der Waals surface area contributed by atoms with E-state index in [0.717, 1.165) is 12.2 Å². The fourth-order valence-electron chi connectivity index (χ4n) is 2.66. The first-order chi connectivity index (χ1) is 12.3. The van der Waals surface area contributed by atoms with Gasteiger partial charge in [0.25, 0.3) is 5.91 Å². The van der Waals surface area contributed by atoms with Crippen LogP contribution < -0.4 is 10.1 Å². The van der Waals surface area contributed by atoms with Gasteiger partial charge in [0, 0.05) is 38.3 Å². The molecule has 1 aliphatic rings. The Labute approximate surface area is 156 Å². The number of carbonyl (C=O) groups excluding carboxylic acids is 2. The molecule has 0 atom stereocenters. The minimum Gasteiger partial charge on any atom is -0.494 e. The maximum absolute atomic E-state index is 12.6. The van der Waals surface area contributed by atoms with Crippen LogP contribution in [-0.4, -0.2) is 61.1 Å². The van der Waals surface area contributed by atoms with Gasteiger partial charge in [-0.15, -0.1) is 0 Å². The molecular formula is C20H31N3O3. The predicted molar refractivity (Wildman–Crippen MR) is 103 cm³/mol. The van der Waals surface area contributed by atoms with Crippen LogP contribution in [0, 0.1) is 5.41 Å². The molecule has 26 heavy (non-hydrogen) atoms. The normalized spacial score (nSPS) is 14.9. The van der Waals surface area contributed by atoms with E-state index in [9.17, 15) is 9.59 Å². The maximum Gasteiger partial charge on any atom is 0.317 e.